The van der Waals surface area contributed by atoms with Crippen molar-refractivity contribution >= 4 is 5.97 Å². The summed E-state index contributed by atoms with van der Waals surface area (Å²) < 4.78 is 21.1. The van der Waals surface area contributed by atoms with Crippen molar-refractivity contribution in [3.8, 4) is 23.1 Å². The molecule has 108 valence electrons. The van der Waals surface area contributed by atoms with Crippen LogP contribution in [0.4, 0.5) is 0 Å². The second kappa shape index (κ2) is 5.70. The number of ether oxygens (including phenoxy) is 4. The van der Waals surface area contributed by atoms with Gasteiger partial charge in [0.05, 0.1) is 6.61 Å². The van der Waals surface area contributed by atoms with E-state index in [1.54, 1.807) is 43.5 Å². The molecule has 1 aromatic carbocycles. The average Bonchev–Trinajstić information content (AvgIpc) is 2.95. The first-order chi connectivity index (χ1) is 10.3. The van der Waals surface area contributed by atoms with E-state index in [0.717, 1.165) is 0 Å². The van der Waals surface area contributed by atoms with Crippen LogP contribution in [-0.4, -0.2) is 24.4 Å². The van der Waals surface area contributed by atoms with Crippen molar-refractivity contribution in [2.45, 2.75) is 6.92 Å². The molecule has 0 unspecified atom stereocenters. The molecule has 3 rings (SSSR count). The molecule has 1 aliphatic rings. The van der Waals surface area contributed by atoms with Crippen molar-refractivity contribution in [2.24, 2.45) is 0 Å². The standard InChI is InChI=1S/C15H13NO5/c1-2-18-15(17)11-4-3-7-16-14(11)21-10-5-6-12-13(8-10)20-9-19-12/h3-8H,2,9H2,1H3. The Morgan fingerprint density at radius 3 is 3.00 bits per heavy atom. The number of aromatic nitrogens is 1. The molecule has 6 heteroatoms. The van der Waals surface area contributed by atoms with E-state index in [4.69, 9.17) is 18.9 Å². The van der Waals surface area contributed by atoms with Gasteiger partial charge in [0.1, 0.15) is 11.3 Å². The topological polar surface area (TPSA) is 66.9 Å². The molecule has 21 heavy (non-hydrogen) atoms. The molecule has 1 aromatic heterocycles. The summed E-state index contributed by atoms with van der Waals surface area (Å²) in [5, 5.41) is 0. The number of benzene rings is 1. The summed E-state index contributed by atoms with van der Waals surface area (Å²) in [5.41, 5.74) is 0.275. The van der Waals surface area contributed by atoms with Gasteiger partial charge in [-0.1, -0.05) is 0 Å². The summed E-state index contributed by atoms with van der Waals surface area (Å²) in [5.74, 6) is 1.48. The van der Waals surface area contributed by atoms with Crippen molar-refractivity contribution < 1.29 is 23.7 Å². The lowest BCUT2D eigenvalue weighted by molar-refractivity contribution is 0.0522. The third-order valence-corrected chi connectivity index (χ3v) is 2.83. The number of esters is 1. The maximum Gasteiger partial charge on any atom is 0.343 e. The van der Waals surface area contributed by atoms with E-state index in [2.05, 4.69) is 4.98 Å². The highest BCUT2D eigenvalue weighted by Crippen LogP contribution is 2.36. The Balaban J connectivity index is 1.86. The molecule has 0 radical (unpaired) electrons. The predicted octanol–water partition coefficient (Wildman–Crippen LogP) is 2.78. The van der Waals surface area contributed by atoms with Gasteiger partial charge in [-0.2, -0.15) is 0 Å². The molecule has 2 aromatic rings. The van der Waals surface area contributed by atoms with Gasteiger partial charge in [0.25, 0.3) is 0 Å². The summed E-state index contributed by atoms with van der Waals surface area (Å²) in [7, 11) is 0. The van der Waals surface area contributed by atoms with E-state index in [-0.39, 0.29) is 24.8 Å². The molecule has 0 bridgehead atoms. The highest BCUT2D eigenvalue weighted by Gasteiger charge is 2.18. The molecule has 0 amide bonds. The van der Waals surface area contributed by atoms with E-state index < -0.39 is 5.97 Å². The van der Waals surface area contributed by atoms with Gasteiger partial charge in [-0.15, -0.1) is 0 Å². The number of rotatable bonds is 4. The first-order valence-electron chi connectivity index (χ1n) is 6.47. The zero-order valence-electron chi connectivity index (χ0n) is 11.4. The maximum absolute atomic E-state index is 11.9. The van der Waals surface area contributed by atoms with Gasteiger partial charge in [0.15, 0.2) is 11.5 Å². The molecular formula is C15H13NO5. The molecule has 0 aliphatic carbocycles. The molecule has 0 saturated heterocycles. The van der Waals surface area contributed by atoms with Crippen LogP contribution in [-0.2, 0) is 4.74 Å². The Morgan fingerprint density at radius 2 is 2.14 bits per heavy atom. The van der Waals surface area contributed by atoms with Crippen molar-refractivity contribution in [2.75, 3.05) is 13.4 Å². The Morgan fingerprint density at radius 1 is 1.29 bits per heavy atom. The number of nitrogens with zero attached hydrogens (tertiary/aromatic N) is 1. The Bertz CT molecular complexity index is 671. The molecule has 0 N–H and O–H groups in total. The first kappa shape index (κ1) is 13.2. The molecule has 0 spiro atoms. The van der Waals surface area contributed by atoms with Gasteiger partial charge in [0.2, 0.25) is 12.7 Å². The lowest BCUT2D eigenvalue weighted by Crippen LogP contribution is -2.07. The molecule has 1 aliphatic heterocycles. The average molecular weight is 287 g/mol. The zero-order chi connectivity index (χ0) is 14.7. The van der Waals surface area contributed by atoms with E-state index in [1.807, 2.05) is 0 Å². The number of carbonyl (C=O) groups is 1. The fourth-order valence-corrected chi connectivity index (χ4v) is 1.89. The minimum atomic E-state index is -0.471. The molecular weight excluding hydrogens is 274 g/mol. The Hall–Kier alpha value is -2.76. The molecule has 0 fully saturated rings. The van der Waals surface area contributed by atoms with Crippen molar-refractivity contribution in [3.05, 3.63) is 42.1 Å². The fraction of sp³-hybridized carbons (Fsp3) is 0.200. The summed E-state index contributed by atoms with van der Waals surface area (Å²) in [6.07, 6.45) is 1.55. The van der Waals surface area contributed by atoms with Crippen LogP contribution in [0.3, 0.4) is 0 Å². The van der Waals surface area contributed by atoms with E-state index in [1.165, 1.54) is 0 Å². The third kappa shape index (κ3) is 2.74. The van der Waals surface area contributed by atoms with Crippen LogP contribution < -0.4 is 14.2 Å². The first-order valence-corrected chi connectivity index (χ1v) is 6.47. The van der Waals surface area contributed by atoms with Gasteiger partial charge < -0.3 is 18.9 Å². The Kier molecular flexibility index (Phi) is 3.59. The summed E-state index contributed by atoms with van der Waals surface area (Å²) in [4.78, 5) is 15.9. The maximum atomic E-state index is 11.9. The SMILES string of the molecule is CCOC(=O)c1cccnc1Oc1ccc2c(c1)OCO2. The Labute approximate surface area is 121 Å². The third-order valence-electron chi connectivity index (χ3n) is 2.83. The van der Waals surface area contributed by atoms with E-state index in [0.29, 0.717) is 17.2 Å². The largest absolute Gasteiger partial charge is 0.462 e. The van der Waals surface area contributed by atoms with Crippen molar-refractivity contribution in [1.29, 1.82) is 0 Å². The van der Waals surface area contributed by atoms with Crippen LogP contribution in [0.1, 0.15) is 17.3 Å². The van der Waals surface area contributed by atoms with Gasteiger partial charge in [-0.3, -0.25) is 0 Å². The van der Waals surface area contributed by atoms with Crippen LogP contribution in [0.2, 0.25) is 0 Å². The summed E-state index contributed by atoms with van der Waals surface area (Å²) >= 11 is 0. The molecule has 0 saturated carbocycles. The minimum Gasteiger partial charge on any atom is -0.462 e. The van der Waals surface area contributed by atoms with Crippen LogP contribution in [0.15, 0.2) is 36.5 Å². The van der Waals surface area contributed by atoms with Gasteiger partial charge >= 0.3 is 5.97 Å². The van der Waals surface area contributed by atoms with Crippen molar-refractivity contribution in [3.63, 3.8) is 0 Å². The van der Waals surface area contributed by atoms with E-state index in [9.17, 15) is 4.79 Å². The normalized spacial score (nSPS) is 12.0. The quantitative estimate of drug-likeness (QED) is 0.805. The fourth-order valence-electron chi connectivity index (χ4n) is 1.89. The lowest BCUT2D eigenvalue weighted by atomic mass is 10.2. The zero-order valence-corrected chi connectivity index (χ0v) is 11.4. The highest BCUT2D eigenvalue weighted by molar-refractivity contribution is 5.91. The minimum absolute atomic E-state index is 0.190. The van der Waals surface area contributed by atoms with Crippen LogP contribution >= 0.6 is 0 Å². The highest BCUT2D eigenvalue weighted by atomic mass is 16.7. The summed E-state index contributed by atoms with van der Waals surface area (Å²) in [6, 6.07) is 8.40. The van der Waals surface area contributed by atoms with Crippen LogP contribution in [0, 0.1) is 0 Å². The second-order valence-corrected chi connectivity index (χ2v) is 4.19. The lowest BCUT2D eigenvalue weighted by Gasteiger charge is -2.09. The monoisotopic (exact) mass is 287 g/mol. The van der Waals surface area contributed by atoms with Crippen LogP contribution in [0.5, 0.6) is 23.1 Å². The van der Waals surface area contributed by atoms with E-state index >= 15 is 0 Å². The van der Waals surface area contributed by atoms with Gasteiger partial charge in [-0.05, 0) is 31.2 Å². The predicted molar refractivity (Wildman–Crippen MR) is 72.8 cm³/mol. The number of hydrogen-bond acceptors (Lipinski definition) is 6. The number of fused-ring (bicyclic) bond motifs is 1. The van der Waals surface area contributed by atoms with Gasteiger partial charge in [-0.25, -0.2) is 9.78 Å². The second-order valence-electron chi connectivity index (χ2n) is 4.19. The molecule has 2 heterocycles. The number of pyridine rings is 1. The molecule has 6 nitrogen and oxygen atoms in total. The smallest absolute Gasteiger partial charge is 0.343 e. The van der Waals surface area contributed by atoms with Crippen LogP contribution in [0.25, 0.3) is 0 Å². The number of carbonyl (C=O) groups excluding carboxylic acids is 1. The summed E-state index contributed by atoms with van der Waals surface area (Å²) in [6.45, 7) is 2.22. The van der Waals surface area contributed by atoms with Gasteiger partial charge in [0, 0.05) is 12.3 Å². The van der Waals surface area contributed by atoms with Crippen molar-refractivity contribution in [1.82, 2.24) is 4.98 Å². The number of hydrogen-bond donors (Lipinski definition) is 0. The molecule has 0 atom stereocenters.